The number of amides is 4. The van der Waals surface area contributed by atoms with Crippen molar-refractivity contribution in [3.63, 3.8) is 0 Å². The van der Waals surface area contributed by atoms with Gasteiger partial charge in [0.1, 0.15) is 30.5 Å². The molecule has 3 rings (SSSR count). The fraction of sp³-hybridized carbons (Fsp3) is 0.744. The number of rotatable bonds is 21. The smallest absolute Gasteiger partial charge is 0.335 e. The summed E-state index contributed by atoms with van der Waals surface area (Å²) in [5.41, 5.74) is 6.63. The van der Waals surface area contributed by atoms with E-state index < -0.39 is 103 Å². The lowest BCUT2D eigenvalue weighted by Crippen LogP contribution is -2.61. The Hall–Kier alpha value is -3.75. The number of hydrogen-bond acceptors (Lipinski definition) is 13. The summed E-state index contributed by atoms with van der Waals surface area (Å²) in [6.07, 6.45) is -10.5. The number of carbonyl (C=O) groups is 5. The molecule has 8 N–H and O–H groups in total. The third kappa shape index (κ3) is 12.7. The van der Waals surface area contributed by atoms with Crippen LogP contribution in [0.4, 0.5) is 0 Å². The maximum atomic E-state index is 14.2. The Morgan fingerprint density at radius 2 is 1.49 bits per heavy atom. The van der Waals surface area contributed by atoms with Crippen molar-refractivity contribution >= 4 is 29.6 Å². The number of carbonyl (C=O) groups excluding carboxylic acids is 4. The van der Waals surface area contributed by atoms with Gasteiger partial charge >= 0.3 is 5.97 Å². The number of likely N-dealkylation sites (tertiary alicyclic amines) is 1. The number of carboxylic acids is 1. The first kappa shape index (κ1) is 51.6. The van der Waals surface area contributed by atoms with Gasteiger partial charge in [0.25, 0.3) is 0 Å². The highest BCUT2D eigenvalue weighted by Crippen LogP contribution is 2.32. The molecule has 0 bridgehead atoms. The third-order valence-electron chi connectivity index (χ3n) is 12.0. The van der Waals surface area contributed by atoms with Crippen molar-refractivity contribution in [3.8, 4) is 0 Å². The molecule has 0 radical (unpaired) electrons. The SMILES string of the molecule is CO[C@H]([C@@H](C)C(=O)N[C@H](C)[C@@H](O[C@@H]1O[C@H](C(=O)O)[C@@H](O)[C@H](O)[C@H]1O)c1ccccc1)[C@@H]1CCCN1C(=O)C[C@@H](OC)[C@H](C(C)C)N(C)C(=O)[C@@H](NC(=O)[C@@H](N)C(C)C)C(C)C. The number of ether oxygens (including phenoxy) is 4. The molecular formula is C43H71N5O13. The number of aliphatic hydroxyl groups is 3. The Kier molecular flexibility index (Phi) is 19.5. The van der Waals surface area contributed by atoms with Gasteiger partial charge in [-0.3, -0.25) is 19.2 Å². The third-order valence-corrected chi connectivity index (χ3v) is 12.0. The topological polar surface area (TPSA) is 260 Å². The van der Waals surface area contributed by atoms with Gasteiger partial charge in [0.2, 0.25) is 23.6 Å². The van der Waals surface area contributed by atoms with Crippen molar-refractivity contribution in [2.45, 2.75) is 154 Å². The molecule has 2 saturated heterocycles. The number of likely N-dealkylation sites (N-methyl/N-ethyl adjacent to an activating group) is 1. The lowest BCUT2D eigenvalue weighted by molar-refractivity contribution is -0.307. The highest BCUT2D eigenvalue weighted by molar-refractivity contribution is 5.90. The van der Waals surface area contributed by atoms with E-state index in [-0.39, 0.29) is 36.0 Å². The predicted octanol–water partition coefficient (Wildman–Crippen LogP) is 0.796. The van der Waals surface area contributed by atoms with Gasteiger partial charge in [-0.15, -0.1) is 0 Å². The molecule has 14 atom stereocenters. The van der Waals surface area contributed by atoms with Crippen LogP contribution in [-0.4, -0.2) is 161 Å². The Morgan fingerprint density at radius 3 is 2.02 bits per heavy atom. The van der Waals surface area contributed by atoms with E-state index in [1.807, 2.05) is 41.5 Å². The van der Waals surface area contributed by atoms with Gasteiger partial charge in [0.15, 0.2) is 12.4 Å². The van der Waals surface area contributed by atoms with E-state index in [9.17, 15) is 44.4 Å². The van der Waals surface area contributed by atoms with Crippen molar-refractivity contribution < 1.29 is 63.3 Å². The molecule has 0 aromatic heterocycles. The molecule has 4 amide bonds. The summed E-state index contributed by atoms with van der Waals surface area (Å²) in [4.78, 5) is 70.2. The summed E-state index contributed by atoms with van der Waals surface area (Å²) in [7, 11) is 4.61. The summed E-state index contributed by atoms with van der Waals surface area (Å²) in [6.45, 7) is 14.9. The molecule has 0 aliphatic carbocycles. The van der Waals surface area contributed by atoms with Crippen LogP contribution >= 0.6 is 0 Å². The number of methoxy groups -OCH3 is 2. The Labute approximate surface area is 359 Å². The molecule has 346 valence electrons. The quantitative estimate of drug-likeness (QED) is 0.0903. The van der Waals surface area contributed by atoms with Gasteiger partial charge in [-0.05, 0) is 43.1 Å². The molecule has 61 heavy (non-hydrogen) atoms. The molecular weight excluding hydrogens is 794 g/mol. The molecule has 18 heteroatoms. The lowest BCUT2D eigenvalue weighted by Gasteiger charge is -2.41. The van der Waals surface area contributed by atoms with E-state index >= 15 is 0 Å². The van der Waals surface area contributed by atoms with Crippen LogP contribution in [-0.2, 0) is 42.9 Å². The summed E-state index contributed by atoms with van der Waals surface area (Å²) in [5.74, 6) is -4.32. The standard InChI is InChI=1S/C43H71N5O13/c1-21(2)30(44)40(54)46-31(22(3)4)41(55)47(9)32(23(5)6)28(58-10)20-29(49)48-19-15-18-27(48)36(59-11)24(7)39(53)45-25(8)37(26-16-13-12-14-17-26)60-43-35(52)33(50)34(51)38(61-43)42(56)57/h12-14,16-17,21-25,27-28,30-38,43,50-52H,15,18-20,44H2,1-11H3,(H,45,53)(H,46,54)(H,56,57)/t24-,25-,27+,28-,30+,31+,32+,33+,34+,35-,36-,37-,38+,43-/m1/s1. The number of carboxylic acid groups (broad SMARTS) is 1. The molecule has 2 aliphatic rings. The summed E-state index contributed by atoms with van der Waals surface area (Å²) in [5, 5.41) is 46.6. The van der Waals surface area contributed by atoms with Crippen molar-refractivity contribution in [2.24, 2.45) is 29.4 Å². The van der Waals surface area contributed by atoms with Crippen LogP contribution in [0.15, 0.2) is 30.3 Å². The van der Waals surface area contributed by atoms with Crippen LogP contribution in [0.2, 0.25) is 0 Å². The van der Waals surface area contributed by atoms with Crippen LogP contribution in [0, 0.1) is 23.7 Å². The molecule has 0 unspecified atom stereocenters. The van der Waals surface area contributed by atoms with Crippen molar-refractivity contribution in [3.05, 3.63) is 35.9 Å². The normalized spacial score (nSPS) is 25.9. The first-order valence-electron chi connectivity index (χ1n) is 21.2. The van der Waals surface area contributed by atoms with Gasteiger partial charge in [-0.25, -0.2) is 4.79 Å². The van der Waals surface area contributed by atoms with Gasteiger partial charge in [0, 0.05) is 27.8 Å². The number of aliphatic carboxylic acids is 1. The number of hydrogen-bond donors (Lipinski definition) is 7. The van der Waals surface area contributed by atoms with Crippen LogP contribution in [0.5, 0.6) is 0 Å². The summed E-state index contributed by atoms with van der Waals surface area (Å²) in [6, 6.07) is 5.15. The number of aliphatic hydroxyl groups excluding tert-OH is 3. The fourth-order valence-corrected chi connectivity index (χ4v) is 8.35. The summed E-state index contributed by atoms with van der Waals surface area (Å²) >= 11 is 0. The molecule has 2 aliphatic heterocycles. The molecule has 0 saturated carbocycles. The van der Waals surface area contributed by atoms with Crippen LogP contribution < -0.4 is 16.4 Å². The highest BCUT2D eigenvalue weighted by atomic mass is 16.7. The van der Waals surface area contributed by atoms with E-state index in [1.54, 1.807) is 61.0 Å². The van der Waals surface area contributed by atoms with E-state index in [0.717, 1.165) is 0 Å². The van der Waals surface area contributed by atoms with Gasteiger partial charge in [-0.1, -0.05) is 78.8 Å². The zero-order valence-electron chi connectivity index (χ0n) is 37.5. The van der Waals surface area contributed by atoms with Crippen molar-refractivity contribution in [2.75, 3.05) is 27.8 Å². The van der Waals surface area contributed by atoms with Crippen molar-refractivity contribution in [1.82, 2.24) is 20.4 Å². The minimum absolute atomic E-state index is 0.0713. The monoisotopic (exact) mass is 866 g/mol. The average molecular weight is 866 g/mol. The first-order chi connectivity index (χ1) is 28.6. The predicted molar refractivity (Wildman–Crippen MR) is 223 cm³/mol. The minimum Gasteiger partial charge on any atom is -0.479 e. The molecule has 2 fully saturated rings. The van der Waals surface area contributed by atoms with Crippen molar-refractivity contribution in [1.29, 1.82) is 0 Å². The van der Waals surface area contributed by atoms with Gasteiger partial charge < -0.3 is 65.5 Å². The van der Waals surface area contributed by atoms with E-state index in [2.05, 4.69) is 10.6 Å². The highest BCUT2D eigenvalue weighted by Gasteiger charge is 2.49. The molecule has 1 aromatic carbocycles. The molecule has 2 heterocycles. The average Bonchev–Trinajstić information content (AvgIpc) is 3.70. The van der Waals surface area contributed by atoms with Gasteiger partial charge in [0.05, 0.1) is 48.7 Å². The number of benzene rings is 1. The maximum absolute atomic E-state index is 14.2. The fourth-order valence-electron chi connectivity index (χ4n) is 8.35. The lowest BCUT2D eigenvalue weighted by atomic mass is 9.91. The Bertz CT molecular complexity index is 1600. The number of nitrogens with two attached hydrogens (primary N) is 1. The first-order valence-corrected chi connectivity index (χ1v) is 21.2. The van der Waals surface area contributed by atoms with E-state index in [0.29, 0.717) is 24.9 Å². The Morgan fingerprint density at radius 1 is 0.869 bits per heavy atom. The second kappa shape index (κ2) is 23.1. The zero-order chi connectivity index (χ0) is 46.0. The van der Waals surface area contributed by atoms with Gasteiger partial charge in [-0.2, -0.15) is 0 Å². The number of nitrogens with zero attached hydrogens (tertiary/aromatic N) is 2. The van der Waals surface area contributed by atoms with Crippen LogP contribution in [0.1, 0.15) is 86.3 Å². The molecule has 1 aromatic rings. The number of nitrogens with one attached hydrogen (secondary N) is 2. The van der Waals surface area contributed by atoms with E-state index in [4.69, 9.17) is 24.7 Å². The van der Waals surface area contributed by atoms with E-state index in [1.165, 1.54) is 14.2 Å². The zero-order valence-corrected chi connectivity index (χ0v) is 37.5. The van der Waals surface area contributed by atoms with Crippen LogP contribution in [0.25, 0.3) is 0 Å². The molecule has 18 nitrogen and oxygen atoms in total. The largest absolute Gasteiger partial charge is 0.479 e. The van der Waals surface area contributed by atoms with Crippen LogP contribution in [0.3, 0.4) is 0 Å². The molecule has 0 spiro atoms. The minimum atomic E-state index is -1.91. The Balaban J connectivity index is 1.78. The maximum Gasteiger partial charge on any atom is 0.335 e. The second-order valence-corrected chi connectivity index (χ2v) is 17.4. The second-order valence-electron chi connectivity index (χ2n) is 17.4. The summed E-state index contributed by atoms with van der Waals surface area (Å²) < 4.78 is 23.3.